The first-order valence-corrected chi connectivity index (χ1v) is 10.5. The van der Waals surface area contributed by atoms with Gasteiger partial charge in [-0.1, -0.05) is 6.92 Å². The van der Waals surface area contributed by atoms with Crippen LogP contribution >= 0.6 is 0 Å². The van der Waals surface area contributed by atoms with Crippen molar-refractivity contribution in [2.45, 2.75) is 56.8 Å². The zero-order chi connectivity index (χ0) is 22.4. The van der Waals surface area contributed by atoms with E-state index < -0.39 is 48.8 Å². The lowest BCUT2D eigenvalue weighted by Gasteiger charge is -2.45. The summed E-state index contributed by atoms with van der Waals surface area (Å²) >= 11 is 0. The number of aliphatic hydroxyl groups is 3. The molecule has 31 heavy (non-hydrogen) atoms. The Bertz CT molecular complexity index is 852. The van der Waals surface area contributed by atoms with Gasteiger partial charge in [-0.25, -0.2) is 4.79 Å². The summed E-state index contributed by atoms with van der Waals surface area (Å²) in [5, 5.41) is 51.8. The summed E-state index contributed by atoms with van der Waals surface area (Å²) in [4.78, 5) is 15.1. The number of methoxy groups -OCH3 is 1. The Labute approximate surface area is 179 Å². The number of phenolic OH excluding ortho intramolecular Hbond substituents is 2. The molecule has 0 aliphatic carbocycles. The molecule has 2 saturated heterocycles. The van der Waals surface area contributed by atoms with E-state index in [4.69, 9.17) is 14.2 Å². The predicted octanol–water partition coefficient (Wildman–Crippen LogP) is 0.0313. The predicted molar refractivity (Wildman–Crippen MR) is 106 cm³/mol. The van der Waals surface area contributed by atoms with Crippen LogP contribution in [0.5, 0.6) is 17.2 Å². The molecule has 10 heteroatoms. The van der Waals surface area contributed by atoms with Gasteiger partial charge in [0.25, 0.3) is 0 Å². The molecule has 0 aromatic heterocycles. The van der Waals surface area contributed by atoms with E-state index >= 15 is 0 Å². The summed E-state index contributed by atoms with van der Waals surface area (Å²) in [6.07, 6.45) is -4.63. The highest BCUT2D eigenvalue weighted by atomic mass is 16.6. The molecule has 0 radical (unpaired) electrons. The number of aromatic hydroxyl groups is 2. The third kappa shape index (κ3) is 3.62. The number of hydrogen-bond acceptors (Lipinski definition) is 10. The first-order chi connectivity index (χ1) is 14.8. The van der Waals surface area contributed by atoms with Crippen molar-refractivity contribution in [1.82, 2.24) is 4.90 Å². The van der Waals surface area contributed by atoms with E-state index in [1.54, 1.807) is 0 Å². The first kappa shape index (κ1) is 22.1. The minimum absolute atomic E-state index is 0.0145. The van der Waals surface area contributed by atoms with Gasteiger partial charge in [-0.3, -0.25) is 4.90 Å². The lowest BCUT2D eigenvalue weighted by molar-refractivity contribution is -0.235. The molecular weight excluding hydrogens is 410 g/mol. The van der Waals surface area contributed by atoms with Gasteiger partial charge >= 0.3 is 5.97 Å². The van der Waals surface area contributed by atoms with Crippen molar-refractivity contribution >= 4 is 5.97 Å². The summed E-state index contributed by atoms with van der Waals surface area (Å²) in [6, 6.07) is 0. The number of nitrogens with zero attached hydrogens (tertiary/aromatic N) is 1. The minimum atomic E-state index is -1.53. The van der Waals surface area contributed by atoms with Crippen LogP contribution in [-0.2, 0) is 16.0 Å². The van der Waals surface area contributed by atoms with Crippen LogP contribution in [0.25, 0.3) is 0 Å². The van der Waals surface area contributed by atoms with Gasteiger partial charge in [0, 0.05) is 17.7 Å². The van der Waals surface area contributed by atoms with Gasteiger partial charge in [0.05, 0.1) is 19.3 Å². The molecule has 3 aliphatic heterocycles. The van der Waals surface area contributed by atoms with Gasteiger partial charge in [-0.05, 0) is 31.8 Å². The van der Waals surface area contributed by atoms with Crippen LogP contribution in [0.15, 0.2) is 0 Å². The molecule has 1 aromatic rings. The second kappa shape index (κ2) is 8.44. The minimum Gasteiger partial charge on any atom is -0.504 e. The number of benzene rings is 1. The molecule has 1 aromatic carbocycles. The molecule has 2 unspecified atom stereocenters. The van der Waals surface area contributed by atoms with Crippen LogP contribution < -0.4 is 4.74 Å². The van der Waals surface area contributed by atoms with Crippen LogP contribution in [-0.4, -0.2) is 87.6 Å². The third-order valence-electron chi connectivity index (χ3n) is 6.60. The molecule has 5 atom stereocenters. The van der Waals surface area contributed by atoms with Crippen molar-refractivity contribution in [2.24, 2.45) is 5.92 Å². The van der Waals surface area contributed by atoms with Crippen LogP contribution in [0.2, 0.25) is 0 Å². The second-order valence-electron chi connectivity index (χ2n) is 8.59. The summed E-state index contributed by atoms with van der Waals surface area (Å²) in [5.41, 5.74) is 0.212. The highest BCUT2D eigenvalue weighted by molar-refractivity contribution is 5.97. The number of esters is 1. The highest BCUT2D eigenvalue weighted by Crippen LogP contribution is 2.52. The molecule has 0 bridgehead atoms. The maximum absolute atomic E-state index is 13.0. The van der Waals surface area contributed by atoms with Crippen LogP contribution in [0, 0.1) is 5.92 Å². The molecule has 2 fully saturated rings. The van der Waals surface area contributed by atoms with Crippen LogP contribution in [0.4, 0.5) is 0 Å². The Morgan fingerprint density at radius 3 is 2.42 bits per heavy atom. The fraction of sp³-hybridized carbons (Fsp3) is 0.667. The first-order valence-electron chi connectivity index (χ1n) is 10.5. The smallest absolute Gasteiger partial charge is 0.339 e. The fourth-order valence-electron chi connectivity index (χ4n) is 4.71. The summed E-state index contributed by atoms with van der Waals surface area (Å²) in [6.45, 7) is 3.40. The number of fused-ring (bicyclic) bond motifs is 3. The van der Waals surface area contributed by atoms with E-state index in [9.17, 15) is 30.3 Å². The lowest BCUT2D eigenvalue weighted by atomic mass is 9.84. The number of ether oxygens (including phenoxy) is 3. The van der Waals surface area contributed by atoms with Crippen molar-refractivity contribution in [3.05, 3.63) is 16.7 Å². The number of likely N-dealkylation sites (tertiary alicyclic amines) is 1. The van der Waals surface area contributed by atoms with E-state index in [2.05, 4.69) is 11.8 Å². The topological polar surface area (TPSA) is 149 Å². The maximum Gasteiger partial charge on any atom is 0.339 e. The summed E-state index contributed by atoms with van der Waals surface area (Å²) in [5.74, 6) is -1.32. The van der Waals surface area contributed by atoms with Gasteiger partial charge in [-0.15, -0.1) is 0 Å². The molecule has 3 aliphatic rings. The van der Waals surface area contributed by atoms with Crippen molar-refractivity contribution in [3.63, 3.8) is 0 Å². The Morgan fingerprint density at radius 2 is 1.81 bits per heavy atom. The molecule has 0 spiro atoms. The Morgan fingerprint density at radius 1 is 1.13 bits per heavy atom. The third-order valence-corrected chi connectivity index (χ3v) is 6.60. The van der Waals surface area contributed by atoms with Crippen molar-refractivity contribution in [3.8, 4) is 17.2 Å². The SMILES string of the molecule is COc1c(O)c(CN2CCC(C)CC2)c2c(c1O)C1O[C@H](CO)[C@@H](O)[C@H](O)C1OC2=O. The Kier molecular flexibility index (Phi) is 6.01. The second-order valence-corrected chi connectivity index (χ2v) is 8.59. The van der Waals surface area contributed by atoms with Crippen LogP contribution in [0.3, 0.4) is 0 Å². The number of carbonyl (C=O) groups excluding carboxylic acids is 1. The normalized spacial score (nSPS) is 31.6. The number of hydrogen-bond donors (Lipinski definition) is 5. The maximum atomic E-state index is 13.0. The van der Waals surface area contributed by atoms with Gasteiger partial charge < -0.3 is 39.7 Å². The Balaban J connectivity index is 1.82. The Hall–Kier alpha value is -2.11. The zero-order valence-corrected chi connectivity index (χ0v) is 17.5. The molecule has 0 saturated carbocycles. The summed E-state index contributed by atoms with van der Waals surface area (Å²) in [7, 11) is 1.28. The molecule has 0 amide bonds. The van der Waals surface area contributed by atoms with E-state index in [0.717, 1.165) is 25.9 Å². The zero-order valence-electron chi connectivity index (χ0n) is 17.5. The van der Waals surface area contributed by atoms with Crippen LogP contribution in [0.1, 0.15) is 47.4 Å². The average molecular weight is 439 g/mol. The van der Waals surface area contributed by atoms with E-state index in [0.29, 0.717) is 5.92 Å². The number of carbonyl (C=O) groups is 1. The molecule has 172 valence electrons. The van der Waals surface area contributed by atoms with Crippen molar-refractivity contribution in [2.75, 3.05) is 26.8 Å². The van der Waals surface area contributed by atoms with E-state index in [1.165, 1.54) is 7.11 Å². The monoisotopic (exact) mass is 439 g/mol. The highest BCUT2D eigenvalue weighted by Gasteiger charge is 2.53. The van der Waals surface area contributed by atoms with Gasteiger partial charge in [0.2, 0.25) is 5.75 Å². The standard InChI is InChI=1S/C21H29NO9/c1-9-3-5-22(6-4-9)7-10-12-13(16(26)19(29-2)14(10)24)18-20(31-21(12)28)17(27)15(25)11(8-23)30-18/h9,11,15,17-18,20,23-27H,3-8H2,1-2H3/t11-,15-,17+,18?,20?/m1/s1. The van der Waals surface area contributed by atoms with Gasteiger partial charge in [0.15, 0.2) is 17.6 Å². The lowest BCUT2D eigenvalue weighted by Crippen LogP contribution is -2.58. The number of piperidine rings is 1. The molecule has 5 N–H and O–H groups in total. The fourth-order valence-corrected chi connectivity index (χ4v) is 4.71. The molecule has 3 heterocycles. The van der Waals surface area contributed by atoms with E-state index in [1.807, 2.05) is 0 Å². The van der Waals surface area contributed by atoms with Crippen molar-refractivity contribution < 1.29 is 44.5 Å². The van der Waals surface area contributed by atoms with Crippen molar-refractivity contribution in [1.29, 1.82) is 0 Å². The number of rotatable bonds is 4. The largest absolute Gasteiger partial charge is 0.504 e. The summed E-state index contributed by atoms with van der Waals surface area (Å²) < 4.78 is 16.3. The average Bonchev–Trinajstić information content (AvgIpc) is 2.75. The molecular formula is C21H29NO9. The number of phenols is 2. The number of aliphatic hydroxyl groups excluding tert-OH is 3. The quantitative estimate of drug-likeness (QED) is 0.407. The van der Waals surface area contributed by atoms with Gasteiger partial charge in [-0.2, -0.15) is 0 Å². The van der Waals surface area contributed by atoms with Gasteiger partial charge in [0.1, 0.15) is 24.4 Å². The molecule has 4 rings (SSSR count). The molecule has 10 nitrogen and oxygen atoms in total. The van der Waals surface area contributed by atoms with E-state index in [-0.39, 0.29) is 34.7 Å².